The first-order valence-electron chi connectivity index (χ1n) is 4.54. The van der Waals surface area contributed by atoms with E-state index in [0.717, 1.165) is 0 Å². The van der Waals surface area contributed by atoms with Gasteiger partial charge in [-0.15, -0.1) is 0 Å². The molecule has 0 spiro atoms. The van der Waals surface area contributed by atoms with Crippen molar-refractivity contribution in [3.63, 3.8) is 0 Å². The number of carbonyl (C=O) groups is 1. The highest BCUT2D eigenvalue weighted by molar-refractivity contribution is 5.76. The number of ether oxygens (including phenoxy) is 1. The molecule has 0 saturated carbocycles. The molecule has 0 fully saturated rings. The smallest absolute Gasteiger partial charge is 0.462 e. The molecule has 0 heterocycles. The van der Waals surface area contributed by atoms with E-state index in [2.05, 4.69) is 0 Å². The van der Waals surface area contributed by atoms with Crippen LogP contribution < -0.4 is 6.15 Å². The second kappa shape index (κ2) is 6.08. The Balaban J connectivity index is 0. The third kappa shape index (κ3) is 3.60. The minimum absolute atomic E-state index is 0. The van der Waals surface area contributed by atoms with E-state index in [4.69, 9.17) is 5.11 Å². The van der Waals surface area contributed by atoms with Crippen LogP contribution in [0.1, 0.15) is 0 Å². The van der Waals surface area contributed by atoms with Crippen molar-refractivity contribution < 1.29 is 71.7 Å². The monoisotopic (exact) mass is 397 g/mol. The number of aliphatic carboxylic acids is 1. The SMILES string of the molecule is N.O=C(O)C(F)(F)C(F)(F)C(F)(F)OC(F)(F)C(F)(F)C(F)(F)F. The molecule has 0 rings (SSSR count). The average Bonchev–Trinajstić information content (AvgIpc) is 2.24. The van der Waals surface area contributed by atoms with Gasteiger partial charge in [0.2, 0.25) is 0 Å². The Kier molecular flexibility index (Phi) is 6.27. The van der Waals surface area contributed by atoms with Crippen molar-refractivity contribution in [3.05, 3.63) is 0 Å². The van der Waals surface area contributed by atoms with Gasteiger partial charge in [0.15, 0.2) is 0 Å². The standard InChI is InChI=1S/C7HF13O3.H3N/c8-2(9,1(21)22)3(10,11)6(17,18)23-7(19,20)4(12,13)5(14,15)16;/h(H,21,22);1H3. The molecule has 0 aliphatic heterocycles. The molecule has 4 N–H and O–H groups in total. The topological polar surface area (TPSA) is 81.5 Å². The number of carboxylic acid groups (broad SMARTS) is 1. The van der Waals surface area contributed by atoms with Crippen LogP contribution in [0, 0.1) is 0 Å². The number of hydrogen-bond acceptors (Lipinski definition) is 3. The first-order valence-corrected chi connectivity index (χ1v) is 4.54. The number of rotatable bonds is 6. The van der Waals surface area contributed by atoms with Gasteiger partial charge in [-0.2, -0.15) is 57.1 Å². The maximum atomic E-state index is 12.6. The number of carboxylic acids is 1. The van der Waals surface area contributed by atoms with Gasteiger partial charge in [-0.05, 0) is 0 Å². The first kappa shape index (κ1) is 24.7. The zero-order valence-electron chi connectivity index (χ0n) is 10.4. The van der Waals surface area contributed by atoms with Crippen LogP contribution in [0.15, 0.2) is 0 Å². The molecule has 0 aromatic rings. The second-order valence-electron chi connectivity index (χ2n) is 3.66. The lowest BCUT2D eigenvalue weighted by atomic mass is 10.1. The van der Waals surface area contributed by atoms with Crippen LogP contribution in [-0.2, 0) is 9.53 Å². The van der Waals surface area contributed by atoms with Gasteiger partial charge in [-0.3, -0.25) is 0 Å². The molecule has 0 aliphatic carbocycles. The second-order valence-corrected chi connectivity index (χ2v) is 3.66. The predicted molar refractivity (Wildman–Crippen MR) is 44.5 cm³/mol. The largest absolute Gasteiger partial charge is 0.477 e. The number of halogens is 13. The zero-order valence-corrected chi connectivity index (χ0v) is 10.4. The third-order valence-corrected chi connectivity index (χ3v) is 2.01. The fourth-order valence-electron chi connectivity index (χ4n) is 0.771. The Hall–Kier alpha value is -1.52. The quantitative estimate of drug-likeness (QED) is 0.667. The van der Waals surface area contributed by atoms with E-state index >= 15 is 0 Å². The summed E-state index contributed by atoms with van der Waals surface area (Å²) < 4.78 is 160. The van der Waals surface area contributed by atoms with E-state index in [-0.39, 0.29) is 6.15 Å². The maximum Gasteiger partial charge on any atom is 0.462 e. The van der Waals surface area contributed by atoms with E-state index in [1.165, 1.54) is 4.74 Å². The molecule has 0 radical (unpaired) electrons. The molecule has 0 aromatic carbocycles. The van der Waals surface area contributed by atoms with Crippen LogP contribution in [0.3, 0.4) is 0 Å². The Bertz CT molecular complexity index is 471. The Morgan fingerprint density at radius 1 is 0.667 bits per heavy atom. The fourth-order valence-corrected chi connectivity index (χ4v) is 0.771. The summed E-state index contributed by atoms with van der Waals surface area (Å²) in [4.78, 5) is 9.70. The van der Waals surface area contributed by atoms with E-state index in [1.54, 1.807) is 0 Å². The summed E-state index contributed by atoms with van der Waals surface area (Å²) in [5.74, 6) is -25.8. The van der Waals surface area contributed by atoms with Crippen LogP contribution in [0.25, 0.3) is 0 Å². The summed E-state index contributed by atoms with van der Waals surface area (Å²) in [5.41, 5.74) is 0. The molecule has 0 atom stereocenters. The molecule has 0 bridgehead atoms. The normalized spacial score (nSPS) is 15.0. The molecule has 146 valence electrons. The van der Waals surface area contributed by atoms with E-state index in [0.29, 0.717) is 0 Å². The van der Waals surface area contributed by atoms with Crippen molar-refractivity contribution in [2.45, 2.75) is 36.2 Å². The molecule has 0 saturated heterocycles. The highest BCUT2D eigenvalue weighted by Crippen LogP contribution is 2.53. The maximum absolute atomic E-state index is 12.6. The molecule has 0 aliphatic rings. The number of hydrogen-bond donors (Lipinski definition) is 2. The van der Waals surface area contributed by atoms with Gasteiger partial charge in [0.1, 0.15) is 0 Å². The minimum atomic E-state index is -7.49. The molecule has 17 heteroatoms. The van der Waals surface area contributed by atoms with E-state index < -0.39 is 42.1 Å². The predicted octanol–water partition coefficient (Wildman–Crippen LogP) is 3.90. The highest BCUT2D eigenvalue weighted by atomic mass is 19.4. The third-order valence-electron chi connectivity index (χ3n) is 2.01. The van der Waals surface area contributed by atoms with Crippen molar-refractivity contribution in [1.29, 1.82) is 0 Å². The van der Waals surface area contributed by atoms with Gasteiger partial charge in [-0.25, -0.2) is 9.53 Å². The summed E-state index contributed by atoms with van der Waals surface area (Å²) in [7, 11) is 0. The first-order chi connectivity index (χ1) is 9.65. The zero-order chi connectivity index (χ0) is 19.3. The molecule has 0 amide bonds. The number of alkyl halides is 13. The van der Waals surface area contributed by atoms with E-state index in [1.807, 2.05) is 0 Å². The van der Waals surface area contributed by atoms with Crippen LogP contribution in [-0.4, -0.2) is 47.2 Å². The molecule has 4 nitrogen and oxygen atoms in total. The lowest BCUT2D eigenvalue weighted by Crippen LogP contribution is -2.63. The lowest BCUT2D eigenvalue weighted by molar-refractivity contribution is -0.506. The van der Waals surface area contributed by atoms with Crippen molar-refractivity contribution in [2.75, 3.05) is 0 Å². The Morgan fingerprint density at radius 3 is 1.21 bits per heavy atom. The van der Waals surface area contributed by atoms with Crippen LogP contribution in [0.4, 0.5) is 57.1 Å². The Morgan fingerprint density at radius 2 is 0.958 bits per heavy atom. The van der Waals surface area contributed by atoms with Crippen molar-refractivity contribution in [3.8, 4) is 0 Å². The van der Waals surface area contributed by atoms with Crippen LogP contribution in [0.5, 0.6) is 0 Å². The summed E-state index contributed by atoms with van der Waals surface area (Å²) in [6.07, 6.45) is -22.2. The summed E-state index contributed by atoms with van der Waals surface area (Å²) in [6.45, 7) is 0. The van der Waals surface area contributed by atoms with Gasteiger partial charge in [0.25, 0.3) is 0 Å². The van der Waals surface area contributed by atoms with Crippen molar-refractivity contribution >= 4 is 5.97 Å². The van der Waals surface area contributed by atoms with Gasteiger partial charge in [-0.1, -0.05) is 0 Å². The minimum Gasteiger partial charge on any atom is -0.477 e. The summed E-state index contributed by atoms with van der Waals surface area (Å²) in [5, 5.41) is 7.59. The van der Waals surface area contributed by atoms with Crippen LogP contribution in [0.2, 0.25) is 0 Å². The van der Waals surface area contributed by atoms with Crippen molar-refractivity contribution in [1.82, 2.24) is 6.15 Å². The molecular weight excluding hydrogens is 393 g/mol. The van der Waals surface area contributed by atoms with Gasteiger partial charge in [0, 0.05) is 0 Å². The molecular formula is C7H4F13NO3. The summed E-state index contributed by atoms with van der Waals surface area (Å²) in [6, 6.07) is 0. The summed E-state index contributed by atoms with van der Waals surface area (Å²) >= 11 is 0. The Labute approximate surface area is 121 Å². The van der Waals surface area contributed by atoms with Gasteiger partial charge < -0.3 is 11.3 Å². The van der Waals surface area contributed by atoms with Gasteiger partial charge >= 0.3 is 42.1 Å². The fraction of sp³-hybridized carbons (Fsp3) is 0.857. The lowest BCUT2D eigenvalue weighted by Gasteiger charge is -2.34. The molecule has 0 unspecified atom stereocenters. The highest BCUT2D eigenvalue weighted by Gasteiger charge is 2.83. The van der Waals surface area contributed by atoms with Crippen molar-refractivity contribution in [2.24, 2.45) is 0 Å². The van der Waals surface area contributed by atoms with Gasteiger partial charge in [0.05, 0.1) is 0 Å². The van der Waals surface area contributed by atoms with Crippen LogP contribution >= 0.6 is 0 Å². The van der Waals surface area contributed by atoms with E-state index in [9.17, 15) is 61.9 Å². The molecule has 24 heavy (non-hydrogen) atoms. The molecule has 0 aromatic heterocycles. The average molecular weight is 397 g/mol.